The molecule has 0 aromatic heterocycles. The molecule has 1 unspecified atom stereocenters. The number of hydrogen-bond donors (Lipinski definition) is 1. The zero-order chi connectivity index (χ0) is 21.8. The molecule has 1 aliphatic rings. The molecule has 0 fully saturated rings. The Labute approximate surface area is 176 Å². The van der Waals surface area contributed by atoms with Gasteiger partial charge in [0.2, 0.25) is 5.91 Å². The van der Waals surface area contributed by atoms with Gasteiger partial charge in [0, 0.05) is 6.54 Å². The van der Waals surface area contributed by atoms with Gasteiger partial charge in [0.1, 0.15) is 6.04 Å². The first kappa shape index (κ1) is 21.4. The largest absolute Gasteiger partial charge is 0.493 e. The van der Waals surface area contributed by atoms with E-state index in [2.05, 4.69) is 5.32 Å². The van der Waals surface area contributed by atoms with E-state index in [4.69, 9.17) is 9.47 Å². The van der Waals surface area contributed by atoms with Crippen molar-refractivity contribution < 1.29 is 23.9 Å². The van der Waals surface area contributed by atoms with E-state index in [0.29, 0.717) is 29.2 Å². The Morgan fingerprint density at radius 1 is 1.03 bits per heavy atom. The molecule has 0 bridgehead atoms. The van der Waals surface area contributed by atoms with Crippen LogP contribution < -0.4 is 14.8 Å². The molecule has 7 heteroatoms. The van der Waals surface area contributed by atoms with E-state index in [-0.39, 0.29) is 18.4 Å². The number of ether oxygens (including phenoxy) is 2. The van der Waals surface area contributed by atoms with Crippen molar-refractivity contribution in [3.8, 4) is 11.5 Å². The quantitative estimate of drug-likeness (QED) is 0.676. The minimum Gasteiger partial charge on any atom is -0.493 e. The number of amides is 3. The van der Waals surface area contributed by atoms with E-state index in [1.807, 2.05) is 26.8 Å². The highest BCUT2D eigenvalue weighted by molar-refractivity contribution is 6.22. The van der Waals surface area contributed by atoms with Crippen molar-refractivity contribution in [2.24, 2.45) is 5.92 Å². The van der Waals surface area contributed by atoms with Crippen molar-refractivity contribution in [3.05, 3.63) is 59.2 Å². The van der Waals surface area contributed by atoms with Crippen LogP contribution in [-0.4, -0.2) is 42.4 Å². The van der Waals surface area contributed by atoms with Crippen molar-refractivity contribution in [2.75, 3.05) is 13.7 Å². The fourth-order valence-corrected chi connectivity index (χ4v) is 3.57. The number of methoxy groups -OCH3 is 1. The summed E-state index contributed by atoms with van der Waals surface area (Å²) in [6.45, 7) is 6.26. The molecule has 30 heavy (non-hydrogen) atoms. The molecule has 0 saturated carbocycles. The van der Waals surface area contributed by atoms with E-state index >= 15 is 0 Å². The average molecular weight is 410 g/mol. The van der Waals surface area contributed by atoms with Gasteiger partial charge in [-0.2, -0.15) is 0 Å². The van der Waals surface area contributed by atoms with Crippen molar-refractivity contribution in [3.63, 3.8) is 0 Å². The van der Waals surface area contributed by atoms with Crippen LogP contribution in [0.1, 0.15) is 47.1 Å². The lowest BCUT2D eigenvalue weighted by Gasteiger charge is -2.28. The second-order valence-corrected chi connectivity index (χ2v) is 7.35. The molecule has 158 valence electrons. The molecule has 1 atom stereocenters. The molecule has 3 rings (SSSR count). The van der Waals surface area contributed by atoms with Crippen molar-refractivity contribution in [1.29, 1.82) is 0 Å². The Balaban J connectivity index is 1.76. The van der Waals surface area contributed by atoms with Crippen LogP contribution >= 0.6 is 0 Å². The summed E-state index contributed by atoms with van der Waals surface area (Å²) >= 11 is 0. The summed E-state index contributed by atoms with van der Waals surface area (Å²) in [5, 5.41) is 2.85. The van der Waals surface area contributed by atoms with Gasteiger partial charge in [-0.25, -0.2) is 0 Å². The standard InChI is InChI=1S/C23H26N2O5/c1-5-30-18-11-10-15(12-19(18)29-4)13-24-21(26)20(14(2)3)25-22(27)16-8-6-7-9-17(16)23(25)28/h6-12,14,20H,5,13H2,1-4H3,(H,24,26). The van der Waals surface area contributed by atoms with Gasteiger partial charge in [-0.15, -0.1) is 0 Å². The summed E-state index contributed by atoms with van der Waals surface area (Å²) in [6, 6.07) is 11.1. The van der Waals surface area contributed by atoms with Crippen molar-refractivity contribution in [2.45, 2.75) is 33.4 Å². The number of hydrogen-bond acceptors (Lipinski definition) is 5. The van der Waals surface area contributed by atoms with Gasteiger partial charge >= 0.3 is 0 Å². The summed E-state index contributed by atoms with van der Waals surface area (Å²) < 4.78 is 10.8. The smallest absolute Gasteiger partial charge is 0.262 e. The Bertz CT molecular complexity index is 935. The molecule has 0 radical (unpaired) electrons. The van der Waals surface area contributed by atoms with Gasteiger partial charge in [0.25, 0.3) is 11.8 Å². The number of imide groups is 1. The molecular formula is C23H26N2O5. The third-order valence-corrected chi connectivity index (χ3v) is 5.00. The van der Waals surface area contributed by atoms with E-state index in [1.165, 1.54) is 0 Å². The zero-order valence-electron chi connectivity index (χ0n) is 17.6. The second-order valence-electron chi connectivity index (χ2n) is 7.35. The highest BCUT2D eigenvalue weighted by Crippen LogP contribution is 2.29. The van der Waals surface area contributed by atoms with E-state index in [9.17, 15) is 14.4 Å². The Morgan fingerprint density at radius 2 is 1.67 bits per heavy atom. The van der Waals surface area contributed by atoms with Crippen LogP contribution in [0.5, 0.6) is 11.5 Å². The molecule has 1 heterocycles. The molecule has 0 saturated heterocycles. The van der Waals surface area contributed by atoms with Gasteiger partial charge in [-0.1, -0.05) is 32.0 Å². The first-order valence-electron chi connectivity index (χ1n) is 9.93. The minimum absolute atomic E-state index is 0.230. The van der Waals surface area contributed by atoms with Crippen LogP contribution in [-0.2, 0) is 11.3 Å². The number of nitrogens with one attached hydrogen (secondary N) is 1. The van der Waals surface area contributed by atoms with Crippen molar-refractivity contribution >= 4 is 17.7 Å². The van der Waals surface area contributed by atoms with Gasteiger partial charge in [-0.3, -0.25) is 19.3 Å². The molecule has 0 spiro atoms. The second kappa shape index (κ2) is 8.98. The number of fused-ring (bicyclic) bond motifs is 1. The number of rotatable bonds is 8. The van der Waals surface area contributed by atoms with Crippen LogP contribution in [0.4, 0.5) is 0 Å². The molecule has 3 amide bonds. The third kappa shape index (κ3) is 4.01. The summed E-state index contributed by atoms with van der Waals surface area (Å²) in [6.07, 6.45) is 0. The van der Waals surface area contributed by atoms with Gasteiger partial charge in [-0.05, 0) is 42.7 Å². The first-order chi connectivity index (χ1) is 14.4. The molecule has 1 N–H and O–H groups in total. The molecular weight excluding hydrogens is 384 g/mol. The fourth-order valence-electron chi connectivity index (χ4n) is 3.57. The lowest BCUT2D eigenvalue weighted by Crippen LogP contribution is -2.52. The maximum atomic E-state index is 13.0. The van der Waals surface area contributed by atoms with Crippen LogP contribution in [0.2, 0.25) is 0 Å². The summed E-state index contributed by atoms with van der Waals surface area (Å²) in [5.41, 5.74) is 1.47. The molecule has 2 aromatic rings. The highest BCUT2D eigenvalue weighted by atomic mass is 16.5. The van der Waals surface area contributed by atoms with Gasteiger partial charge in [0.15, 0.2) is 11.5 Å². The Kier molecular flexibility index (Phi) is 6.40. The molecule has 0 aliphatic carbocycles. The minimum atomic E-state index is -0.901. The summed E-state index contributed by atoms with van der Waals surface area (Å²) in [7, 11) is 1.55. The molecule has 1 aliphatic heterocycles. The summed E-state index contributed by atoms with van der Waals surface area (Å²) in [5.74, 6) is -0.306. The van der Waals surface area contributed by atoms with Crippen LogP contribution in [0.15, 0.2) is 42.5 Å². The van der Waals surface area contributed by atoms with E-state index in [1.54, 1.807) is 43.5 Å². The number of carbonyl (C=O) groups is 3. The predicted molar refractivity (Wildman–Crippen MR) is 112 cm³/mol. The lowest BCUT2D eigenvalue weighted by atomic mass is 10.0. The lowest BCUT2D eigenvalue weighted by molar-refractivity contribution is -0.126. The van der Waals surface area contributed by atoms with Gasteiger partial charge in [0.05, 0.1) is 24.8 Å². The fraction of sp³-hybridized carbons (Fsp3) is 0.348. The van der Waals surface area contributed by atoms with Crippen LogP contribution in [0, 0.1) is 5.92 Å². The van der Waals surface area contributed by atoms with Crippen molar-refractivity contribution in [1.82, 2.24) is 10.2 Å². The highest BCUT2D eigenvalue weighted by Gasteiger charge is 2.43. The molecule has 2 aromatic carbocycles. The normalized spacial score (nSPS) is 14.0. The van der Waals surface area contributed by atoms with Crippen LogP contribution in [0.25, 0.3) is 0 Å². The maximum Gasteiger partial charge on any atom is 0.262 e. The predicted octanol–water partition coefficient (Wildman–Crippen LogP) is 3.03. The van der Waals surface area contributed by atoms with Gasteiger partial charge < -0.3 is 14.8 Å². The van der Waals surface area contributed by atoms with E-state index in [0.717, 1.165) is 10.5 Å². The maximum absolute atomic E-state index is 13.0. The number of carbonyl (C=O) groups excluding carboxylic acids is 3. The summed E-state index contributed by atoms with van der Waals surface area (Å²) in [4.78, 5) is 39.7. The van der Waals surface area contributed by atoms with Crippen LogP contribution in [0.3, 0.4) is 0 Å². The average Bonchev–Trinajstić information content (AvgIpc) is 2.98. The topological polar surface area (TPSA) is 84.9 Å². The number of benzene rings is 2. The monoisotopic (exact) mass is 410 g/mol. The molecule has 7 nitrogen and oxygen atoms in total. The zero-order valence-corrected chi connectivity index (χ0v) is 17.6. The first-order valence-corrected chi connectivity index (χ1v) is 9.93. The Hall–Kier alpha value is -3.35. The van der Waals surface area contributed by atoms with E-state index < -0.39 is 17.9 Å². The third-order valence-electron chi connectivity index (χ3n) is 5.00. The number of nitrogens with zero attached hydrogens (tertiary/aromatic N) is 1. The SMILES string of the molecule is CCOc1ccc(CNC(=O)C(C(C)C)N2C(=O)c3ccccc3C2=O)cc1OC. The Morgan fingerprint density at radius 3 is 2.20 bits per heavy atom.